The number of benzene rings is 6. The van der Waals surface area contributed by atoms with E-state index in [2.05, 4.69) is 97.1 Å². The lowest BCUT2D eigenvalue weighted by Gasteiger charge is -2.13. The average molecular weight is 328 g/mol. The van der Waals surface area contributed by atoms with Gasteiger partial charge in [0.25, 0.3) is 0 Å². The molecular formula is C26H16. The molecule has 0 aliphatic carbocycles. The molecule has 0 heteroatoms. The molecule has 0 heterocycles. The summed E-state index contributed by atoms with van der Waals surface area (Å²) < 4.78 is 0. The molecule has 0 spiro atoms. The maximum Gasteiger partial charge on any atom is -0.00201 e. The molecule has 0 atom stereocenters. The van der Waals surface area contributed by atoms with Gasteiger partial charge in [0, 0.05) is 0 Å². The lowest BCUT2D eigenvalue weighted by molar-refractivity contribution is 1.78. The van der Waals surface area contributed by atoms with E-state index in [1.165, 1.54) is 53.9 Å². The van der Waals surface area contributed by atoms with Crippen molar-refractivity contribution < 1.29 is 0 Å². The highest BCUT2D eigenvalue weighted by Gasteiger charge is 2.11. The summed E-state index contributed by atoms with van der Waals surface area (Å²) >= 11 is 0. The SMILES string of the molecule is c1ccc2c(c1)ccc1c2ccc2c3ccccc3c3ccccc3c12. The van der Waals surface area contributed by atoms with Crippen molar-refractivity contribution in [3.05, 3.63) is 97.1 Å². The summed E-state index contributed by atoms with van der Waals surface area (Å²) in [6.07, 6.45) is 0. The first-order chi connectivity index (χ1) is 12.9. The fourth-order valence-electron chi connectivity index (χ4n) is 4.49. The van der Waals surface area contributed by atoms with Crippen molar-refractivity contribution in [2.45, 2.75) is 0 Å². The van der Waals surface area contributed by atoms with Crippen LogP contribution >= 0.6 is 0 Å². The predicted molar refractivity (Wildman–Crippen MR) is 114 cm³/mol. The van der Waals surface area contributed by atoms with E-state index in [9.17, 15) is 0 Å². The van der Waals surface area contributed by atoms with Crippen LogP contribution in [0.3, 0.4) is 0 Å². The molecule has 0 bridgehead atoms. The van der Waals surface area contributed by atoms with E-state index in [1.54, 1.807) is 0 Å². The molecule has 0 aliphatic rings. The predicted octanol–water partition coefficient (Wildman–Crippen LogP) is 7.45. The van der Waals surface area contributed by atoms with Gasteiger partial charge < -0.3 is 0 Å². The number of hydrogen-bond donors (Lipinski definition) is 0. The summed E-state index contributed by atoms with van der Waals surface area (Å²) in [5.41, 5.74) is 0. The molecule has 0 aliphatic heterocycles. The molecule has 6 aromatic carbocycles. The van der Waals surface area contributed by atoms with Crippen molar-refractivity contribution >= 4 is 53.9 Å². The van der Waals surface area contributed by atoms with Crippen LogP contribution in [0.2, 0.25) is 0 Å². The molecule has 0 saturated heterocycles. The Morgan fingerprint density at radius 3 is 1.35 bits per heavy atom. The monoisotopic (exact) mass is 328 g/mol. The van der Waals surface area contributed by atoms with E-state index in [0.717, 1.165) is 0 Å². The van der Waals surface area contributed by atoms with E-state index in [-0.39, 0.29) is 0 Å². The Labute approximate surface area is 151 Å². The van der Waals surface area contributed by atoms with Crippen LogP contribution in [0.5, 0.6) is 0 Å². The smallest absolute Gasteiger partial charge is 0.00201 e. The van der Waals surface area contributed by atoms with E-state index in [0.29, 0.717) is 0 Å². The van der Waals surface area contributed by atoms with Gasteiger partial charge in [-0.15, -0.1) is 0 Å². The topological polar surface area (TPSA) is 0 Å². The highest BCUT2D eigenvalue weighted by Crippen LogP contribution is 2.40. The summed E-state index contributed by atoms with van der Waals surface area (Å²) in [7, 11) is 0. The Kier molecular flexibility index (Phi) is 2.70. The van der Waals surface area contributed by atoms with Crippen LogP contribution < -0.4 is 0 Å². The Morgan fingerprint density at radius 1 is 0.269 bits per heavy atom. The minimum Gasteiger partial charge on any atom is -0.0616 e. The second kappa shape index (κ2) is 5.06. The normalized spacial score (nSPS) is 11.8. The van der Waals surface area contributed by atoms with Crippen LogP contribution in [-0.4, -0.2) is 0 Å². The van der Waals surface area contributed by atoms with E-state index < -0.39 is 0 Å². The zero-order chi connectivity index (χ0) is 17.1. The zero-order valence-electron chi connectivity index (χ0n) is 14.2. The first-order valence-corrected chi connectivity index (χ1v) is 9.05. The lowest BCUT2D eigenvalue weighted by Crippen LogP contribution is -1.85. The molecule has 6 rings (SSSR count). The van der Waals surface area contributed by atoms with Gasteiger partial charge >= 0.3 is 0 Å². The molecule has 0 aromatic heterocycles. The molecule has 6 aromatic rings. The molecule has 0 saturated carbocycles. The summed E-state index contributed by atoms with van der Waals surface area (Å²) in [6.45, 7) is 0. The molecule has 0 radical (unpaired) electrons. The van der Waals surface area contributed by atoms with Crippen LogP contribution in [0.25, 0.3) is 53.9 Å². The second-order valence-corrected chi connectivity index (χ2v) is 6.96. The third-order valence-electron chi connectivity index (χ3n) is 5.63. The van der Waals surface area contributed by atoms with E-state index >= 15 is 0 Å². The molecule has 26 heavy (non-hydrogen) atoms. The zero-order valence-corrected chi connectivity index (χ0v) is 14.2. The summed E-state index contributed by atoms with van der Waals surface area (Å²) in [6, 6.07) is 35.4. The standard InChI is InChI=1S/C26H16/c1-2-8-18-17(7-1)13-14-24-22(18)15-16-25-21-11-4-3-9-19(21)20-10-5-6-12-23(20)26(24)25/h1-16H. The van der Waals surface area contributed by atoms with Gasteiger partial charge in [-0.3, -0.25) is 0 Å². The molecular weight excluding hydrogens is 312 g/mol. The Bertz CT molecular complexity index is 1440. The first kappa shape index (κ1) is 13.9. The van der Waals surface area contributed by atoms with Gasteiger partial charge in [0.15, 0.2) is 0 Å². The molecule has 0 fully saturated rings. The van der Waals surface area contributed by atoms with Gasteiger partial charge in [-0.05, 0) is 53.9 Å². The summed E-state index contributed by atoms with van der Waals surface area (Å²) in [5.74, 6) is 0. The quantitative estimate of drug-likeness (QED) is 0.254. The Hall–Kier alpha value is -3.38. The lowest BCUT2D eigenvalue weighted by atomic mass is 9.90. The number of rotatable bonds is 0. The molecule has 0 amide bonds. The van der Waals surface area contributed by atoms with Crippen LogP contribution in [0.4, 0.5) is 0 Å². The first-order valence-electron chi connectivity index (χ1n) is 9.05. The molecule has 0 nitrogen and oxygen atoms in total. The van der Waals surface area contributed by atoms with Gasteiger partial charge in [-0.2, -0.15) is 0 Å². The van der Waals surface area contributed by atoms with Crippen LogP contribution in [0.1, 0.15) is 0 Å². The Morgan fingerprint density at radius 2 is 0.654 bits per heavy atom. The largest absolute Gasteiger partial charge is 0.0616 e. The highest BCUT2D eigenvalue weighted by molar-refractivity contribution is 6.33. The van der Waals surface area contributed by atoms with Crippen molar-refractivity contribution in [1.29, 1.82) is 0 Å². The number of fused-ring (bicyclic) bond motifs is 10. The van der Waals surface area contributed by atoms with Crippen LogP contribution in [0.15, 0.2) is 97.1 Å². The van der Waals surface area contributed by atoms with Crippen LogP contribution in [-0.2, 0) is 0 Å². The van der Waals surface area contributed by atoms with E-state index in [4.69, 9.17) is 0 Å². The second-order valence-electron chi connectivity index (χ2n) is 6.96. The van der Waals surface area contributed by atoms with Crippen molar-refractivity contribution in [2.24, 2.45) is 0 Å². The highest BCUT2D eigenvalue weighted by atomic mass is 14.1. The van der Waals surface area contributed by atoms with Gasteiger partial charge in [-0.1, -0.05) is 97.1 Å². The molecule has 0 unspecified atom stereocenters. The maximum absolute atomic E-state index is 2.30. The summed E-state index contributed by atoms with van der Waals surface area (Å²) in [4.78, 5) is 0. The van der Waals surface area contributed by atoms with Crippen LogP contribution in [0, 0.1) is 0 Å². The van der Waals surface area contributed by atoms with Gasteiger partial charge in [0.05, 0.1) is 0 Å². The number of hydrogen-bond acceptors (Lipinski definition) is 0. The molecule has 120 valence electrons. The fraction of sp³-hybridized carbons (Fsp3) is 0. The molecule has 0 N–H and O–H groups in total. The fourth-order valence-corrected chi connectivity index (χ4v) is 4.49. The van der Waals surface area contributed by atoms with Crippen molar-refractivity contribution in [3.8, 4) is 0 Å². The Balaban J connectivity index is 1.99. The van der Waals surface area contributed by atoms with Gasteiger partial charge in [0.1, 0.15) is 0 Å². The van der Waals surface area contributed by atoms with Gasteiger partial charge in [-0.25, -0.2) is 0 Å². The van der Waals surface area contributed by atoms with E-state index in [1.807, 2.05) is 0 Å². The summed E-state index contributed by atoms with van der Waals surface area (Å²) in [5, 5.41) is 13.3. The van der Waals surface area contributed by atoms with Crippen molar-refractivity contribution in [3.63, 3.8) is 0 Å². The van der Waals surface area contributed by atoms with Gasteiger partial charge in [0.2, 0.25) is 0 Å². The van der Waals surface area contributed by atoms with Crippen molar-refractivity contribution in [2.75, 3.05) is 0 Å². The van der Waals surface area contributed by atoms with Crippen molar-refractivity contribution in [1.82, 2.24) is 0 Å². The average Bonchev–Trinajstić information content (AvgIpc) is 2.73. The maximum atomic E-state index is 2.30. The third kappa shape index (κ3) is 1.74. The minimum absolute atomic E-state index is 1.30. The minimum atomic E-state index is 1.30. The third-order valence-corrected chi connectivity index (χ3v) is 5.63.